The molecule has 0 unspecified atom stereocenters. The van der Waals surface area contributed by atoms with Crippen LogP contribution in [0.15, 0.2) is 33.3 Å². The normalized spacial score (nSPS) is 13.3. The van der Waals surface area contributed by atoms with Crippen LogP contribution < -0.4 is 0 Å². The van der Waals surface area contributed by atoms with E-state index >= 15 is 0 Å². The maximum atomic E-state index is 13.7. The molecule has 0 bridgehead atoms. The maximum Gasteiger partial charge on any atom is 0.451 e. The highest BCUT2D eigenvalue weighted by Gasteiger charge is 2.44. The van der Waals surface area contributed by atoms with Crippen LogP contribution in [0.5, 0.6) is 0 Å². The fourth-order valence-corrected chi connectivity index (χ4v) is 5.01. The first-order chi connectivity index (χ1) is 23.8. The van der Waals surface area contributed by atoms with Gasteiger partial charge in [0, 0.05) is 28.0 Å². The van der Waals surface area contributed by atoms with E-state index in [9.17, 15) is 71.1 Å². The number of allylic oxidation sites excluding steroid dienone is 4. The summed E-state index contributed by atoms with van der Waals surface area (Å²) >= 11 is 0. The molecule has 0 radical (unpaired) electrons. The summed E-state index contributed by atoms with van der Waals surface area (Å²) in [5.74, 6) is -3.99. The number of halogens is 9. The van der Waals surface area contributed by atoms with Gasteiger partial charge in [0.1, 0.15) is 53.3 Å². The lowest BCUT2D eigenvalue weighted by Crippen LogP contribution is -2.20. The lowest BCUT2D eigenvalue weighted by atomic mass is 9.85. The first-order valence-electron chi connectivity index (χ1n) is 13.1. The number of hydrogen-bond donors (Lipinski definition) is 0. The molecule has 0 spiro atoms. The Bertz CT molecular complexity index is 2450. The van der Waals surface area contributed by atoms with Gasteiger partial charge >= 0.3 is 18.5 Å². The zero-order valence-electron chi connectivity index (χ0n) is 24.4. The zero-order chi connectivity index (χ0) is 37.8. The monoisotopic (exact) mass is 704 g/mol. The quantitative estimate of drug-likeness (QED) is 0.216. The third-order valence-corrected chi connectivity index (χ3v) is 6.90. The highest BCUT2D eigenvalue weighted by atomic mass is 19.4. The van der Waals surface area contributed by atoms with Crippen LogP contribution in [0.4, 0.5) is 50.9 Å². The van der Waals surface area contributed by atoms with E-state index in [1.54, 1.807) is 12.1 Å². The molecule has 0 amide bonds. The molecule has 248 valence electrons. The van der Waals surface area contributed by atoms with E-state index in [1.165, 1.54) is 24.3 Å². The van der Waals surface area contributed by atoms with Gasteiger partial charge in [-0.3, -0.25) is 0 Å². The minimum Gasteiger partial charge on any atom is -0.244 e. The highest BCUT2D eigenvalue weighted by molar-refractivity contribution is 6.41. The van der Waals surface area contributed by atoms with E-state index in [4.69, 9.17) is 0 Å². The van der Waals surface area contributed by atoms with Gasteiger partial charge in [0.2, 0.25) is 11.6 Å². The van der Waals surface area contributed by atoms with Gasteiger partial charge in [0.25, 0.3) is 0 Å². The number of hydrogen-bond acceptors (Lipinski definition) is 12. The van der Waals surface area contributed by atoms with E-state index in [1.807, 2.05) is 0 Å². The number of rotatable bonds is 2. The van der Waals surface area contributed by atoms with Crippen LogP contribution in [0.25, 0.3) is 11.1 Å². The average Bonchev–Trinajstić information content (AvgIpc) is 3.63. The first kappa shape index (κ1) is 34.8. The van der Waals surface area contributed by atoms with E-state index in [-0.39, 0.29) is 11.8 Å². The van der Waals surface area contributed by atoms with Crippen molar-refractivity contribution in [1.29, 1.82) is 31.6 Å². The molecular weight excluding hydrogens is 699 g/mol. The summed E-state index contributed by atoms with van der Waals surface area (Å²) in [7, 11) is 0. The van der Waals surface area contributed by atoms with Crippen molar-refractivity contribution in [2.75, 3.05) is 0 Å². The highest BCUT2D eigenvalue weighted by Crippen LogP contribution is 2.53. The number of aromatic nitrogens is 4. The fraction of sp³-hybridized carbons (Fsp3) is 0.133. The molecule has 0 saturated carbocycles. The Balaban J connectivity index is 1.96. The van der Waals surface area contributed by atoms with Gasteiger partial charge in [-0.15, -0.1) is 0 Å². The summed E-state index contributed by atoms with van der Waals surface area (Å²) in [4.78, 5) is 20.5. The molecule has 5 rings (SSSR count). The van der Waals surface area contributed by atoms with Gasteiger partial charge in [0.05, 0.1) is 45.3 Å². The van der Waals surface area contributed by atoms with Gasteiger partial charge in [0.15, 0.2) is 0 Å². The number of alkyl halides is 9. The number of nitrogens with zero attached hydrogens (tertiary/aromatic N) is 12. The zero-order valence-corrected chi connectivity index (χ0v) is 24.4. The first-order valence-corrected chi connectivity index (χ1v) is 13.1. The molecule has 21 heteroatoms. The van der Waals surface area contributed by atoms with Crippen LogP contribution in [0.2, 0.25) is 0 Å². The van der Waals surface area contributed by atoms with Gasteiger partial charge in [-0.2, -0.15) is 71.1 Å². The standard InChI is InChI=1S/C30H5F9N12/c1-10-2-15(47-26(46-10)29(34,35)36)24-18(11(4-40)5-41)20-13(8-44)23-21(14(9-45)22(20)50-24)19(12(6-42)7-43)25(51-23)16-3-17(28(31,32)33)49-27(48-16)30(37,38)39/h2-3H,1H3. The van der Waals surface area contributed by atoms with Crippen LogP contribution in [-0.2, 0) is 18.5 Å². The molecule has 2 aliphatic heterocycles. The van der Waals surface area contributed by atoms with E-state index in [0.717, 1.165) is 13.0 Å². The second kappa shape index (κ2) is 11.9. The Morgan fingerprint density at radius 3 is 1.29 bits per heavy atom. The minimum absolute atomic E-state index is 0.0127. The topological polar surface area (TPSA) is 219 Å². The molecule has 0 saturated heterocycles. The number of aliphatic imine (C=N–C) groups is 2. The molecular formula is C30H5F9N12. The number of nitriles is 6. The minimum atomic E-state index is -5.57. The molecule has 2 aromatic heterocycles. The Kier molecular flexibility index (Phi) is 8.12. The second-order valence-electron chi connectivity index (χ2n) is 9.96. The predicted molar refractivity (Wildman–Crippen MR) is 148 cm³/mol. The Morgan fingerprint density at radius 1 is 0.549 bits per heavy atom. The molecule has 1 aromatic carbocycles. The summed E-state index contributed by atoms with van der Waals surface area (Å²) in [6.45, 7) is 1.14. The smallest absolute Gasteiger partial charge is 0.244 e. The van der Waals surface area contributed by atoms with Crippen LogP contribution in [-0.4, -0.2) is 31.4 Å². The lowest BCUT2D eigenvalue weighted by Gasteiger charge is -2.14. The van der Waals surface area contributed by atoms with Crippen molar-refractivity contribution >= 4 is 33.9 Å². The average molecular weight is 704 g/mol. The Labute approximate surface area is 277 Å². The van der Waals surface area contributed by atoms with Gasteiger partial charge < -0.3 is 0 Å². The Morgan fingerprint density at radius 2 is 0.941 bits per heavy atom. The molecule has 4 heterocycles. The van der Waals surface area contributed by atoms with Crippen LogP contribution in [0.3, 0.4) is 0 Å². The van der Waals surface area contributed by atoms with Crippen molar-refractivity contribution in [2.24, 2.45) is 9.98 Å². The van der Waals surface area contributed by atoms with Crippen molar-refractivity contribution in [2.45, 2.75) is 25.5 Å². The third-order valence-electron chi connectivity index (χ3n) is 6.90. The van der Waals surface area contributed by atoms with Crippen molar-refractivity contribution in [1.82, 2.24) is 19.9 Å². The number of fused-ring (bicyclic) bond motifs is 2. The molecule has 2 aliphatic rings. The molecule has 12 nitrogen and oxygen atoms in total. The lowest BCUT2D eigenvalue weighted by molar-refractivity contribution is -0.152. The molecule has 51 heavy (non-hydrogen) atoms. The summed E-state index contributed by atoms with van der Waals surface area (Å²) < 4.78 is 123. The van der Waals surface area contributed by atoms with Crippen LogP contribution in [0.1, 0.15) is 56.7 Å². The van der Waals surface area contributed by atoms with E-state index < -0.39 is 115 Å². The molecule has 0 N–H and O–H groups in total. The number of aryl methyl sites for hydroxylation is 1. The predicted octanol–water partition coefficient (Wildman–Crippen LogP) is 6.25. The summed E-state index contributed by atoms with van der Waals surface area (Å²) in [5, 5.41) is 59.8. The van der Waals surface area contributed by atoms with Crippen molar-refractivity contribution in [3.05, 3.63) is 80.0 Å². The van der Waals surface area contributed by atoms with E-state index in [2.05, 4.69) is 29.9 Å². The molecule has 0 aliphatic carbocycles. The molecule has 3 aromatic rings. The van der Waals surface area contributed by atoms with Crippen LogP contribution in [0, 0.1) is 74.9 Å². The largest absolute Gasteiger partial charge is 0.451 e. The van der Waals surface area contributed by atoms with Crippen molar-refractivity contribution in [3.8, 4) is 36.4 Å². The summed E-state index contributed by atoms with van der Waals surface area (Å²) in [5.41, 5.74) is -13.6. The van der Waals surface area contributed by atoms with E-state index in [0.29, 0.717) is 0 Å². The summed E-state index contributed by atoms with van der Waals surface area (Å²) in [6.07, 6.45) is -16.2. The number of benzene rings is 1. The van der Waals surface area contributed by atoms with Crippen LogP contribution >= 0.6 is 0 Å². The molecule has 0 atom stereocenters. The summed E-state index contributed by atoms with van der Waals surface area (Å²) in [6, 6.07) is 10.0. The van der Waals surface area contributed by atoms with Gasteiger partial charge in [-0.05, 0) is 19.1 Å². The maximum absolute atomic E-state index is 13.7. The van der Waals surface area contributed by atoms with Crippen molar-refractivity contribution < 1.29 is 39.5 Å². The fourth-order valence-electron chi connectivity index (χ4n) is 5.01. The SMILES string of the molecule is Cc1cc(C2=Nc3c(C#N)c4c(c(C#N)c3C2=C(C#N)C#N)N=C(c2cc(C(F)(F)F)nc(C(F)(F)F)n2)C4=C(C#N)C#N)nc(C(F)(F)F)n1. The molecule has 0 fully saturated rings. The van der Waals surface area contributed by atoms with Gasteiger partial charge in [-0.1, -0.05) is 0 Å². The Hall–Kier alpha value is -7.49. The van der Waals surface area contributed by atoms with Crippen molar-refractivity contribution in [3.63, 3.8) is 0 Å². The second-order valence-corrected chi connectivity index (χ2v) is 9.96. The van der Waals surface area contributed by atoms with Gasteiger partial charge in [-0.25, -0.2) is 29.9 Å². The third kappa shape index (κ3) is 5.71.